The van der Waals surface area contributed by atoms with Crippen LogP contribution in [0.5, 0.6) is 0 Å². The molecule has 1 aliphatic rings. The van der Waals surface area contributed by atoms with Crippen LogP contribution in [0.1, 0.15) is 111 Å². The second-order valence-corrected chi connectivity index (χ2v) is 8.13. The Labute approximate surface area is 146 Å². The number of piperidine rings is 1. The number of rotatable bonds is 13. The van der Waals surface area contributed by atoms with Crippen LogP contribution in [0.15, 0.2) is 0 Å². The van der Waals surface area contributed by atoms with Crippen molar-refractivity contribution in [1.82, 2.24) is 4.90 Å². The van der Waals surface area contributed by atoms with Gasteiger partial charge in [0, 0.05) is 12.6 Å². The first-order chi connectivity index (χ1) is 11.1. The average molecular weight is 326 g/mol. The quantitative estimate of drug-likeness (QED) is 0.425. The van der Waals surface area contributed by atoms with E-state index in [4.69, 9.17) is 0 Å². The molecular weight excluding hydrogens is 282 g/mol. The highest BCUT2D eigenvalue weighted by Gasteiger charge is 2.31. The van der Waals surface area contributed by atoms with E-state index in [1.807, 2.05) is 6.92 Å². The van der Waals surface area contributed by atoms with Gasteiger partial charge >= 0.3 is 0 Å². The smallest absolute Gasteiger partial charge is 0.0746 e. The zero-order valence-corrected chi connectivity index (χ0v) is 16.3. The third-order valence-corrected chi connectivity index (χ3v) is 5.50. The number of β-amino-alcohol motifs (C(OH)–C–C–N with tert-alkyl or cyclic N) is 1. The maximum absolute atomic E-state index is 10.4. The lowest BCUT2D eigenvalue weighted by Gasteiger charge is -2.41. The van der Waals surface area contributed by atoms with Crippen LogP contribution < -0.4 is 0 Å². The number of aliphatic hydroxyl groups is 1. The molecule has 1 aliphatic heterocycles. The lowest BCUT2D eigenvalue weighted by Crippen LogP contribution is -2.50. The van der Waals surface area contributed by atoms with Crippen molar-refractivity contribution in [2.45, 2.75) is 122 Å². The molecule has 0 aromatic carbocycles. The predicted octanol–water partition coefficient (Wildman–Crippen LogP) is 5.92. The van der Waals surface area contributed by atoms with Crippen molar-refractivity contribution in [2.24, 2.45) is 0 Å². The van der Waals surface area contributed by atoms with Gasteiger partial charge in [-0.2, -0.15) is 0 Å². The molecule has 0 unspecified atom stereocenters. The second kappa shape index (κ2) is 12.3. The van der Waals surface area contributed by atoms with E-state index < -0.39 is 5.60 Å². The molecule has 1 atom stereocenters. The zero-order chi connectivity index (χ0) is 17.0. The van der Waals surface area contributed by atoms with Crippen LogP contribution in [0.3, 0.4) is 0 Å². The molecule has 0 bridgehead atoms. The van der Waals surface area contributed by atoms with Crippen LogP contribution in [0.25, 0.3) is 0 Å². The SMILES string of the molecule is CCCCCCCC(CCCCCCC)N1CCC[C@](C)(O)C1. The summed E-state index contributed by atoms with van der Waals surface area (Å²) in [4.78, 5) is 2.61. The van der Waals surface area contributed by atoms with Gasteiger partial charge < -0.3 is 5.11 Å². The van der Waals surface area contributed by atoms with E-state index in [0.717, 1.165) is 19.4 Å². The van der Waals surface area contributed by atoms with E-state index >= 15 is 0 Å². The lowest BCUT2D eigenvalue weighted by molar-refractivity contribution is -0.0329. The Morgan fingerprint density at radius 3 is 1.87 bits per heavy atom. The van der Waals surface area contributed by atoms with Gasteiger partial charge in [-0.1, -0.05) is 78.1 Å². The van der Waals surface area contributed by atoms with E-state index in [9.17, 15) is 5.11 Å². The van der Waals surface area contributed by atoms with Crippen molar-refractivity contribution < 1.29 is 5.11 Å². The van der Waals surface area contributed by atoms with Crippen molar-refractivity contribution >= 4 is 0 Å². The molecular formula is C21H43NO. The van der Waals surface area contributed by atoms with Crippen LogP contribution in [-0.2, 0) is 0 Å². The summed E-state index contributed by atoms with van der Waals surface area (Å²) >= 11 is 0. The Bertz CT molecular complexity index is 263. The third kappa shape index (κ3) is 9.72. The molecule has 0 radical (unpaired) electrons. The summed E-state index contributed by atoms with van der Waals surface area (Å²) in [6.45, 7) is 8.69. The fourth-order valence-corrected chi connectivity index (χ4v) is 4.05. The summed E-state index contributed by atoms with van der Waals surface area (Å²) in [6.07, 6.45) is 18.6. The molecule has 0 aliphatic carbocycles. The molecule has 138 valence electrons. The number of likely N-dealkylation sites (tertiary alicyclic amines) is 1. The van der Waals surface area contributed by atoms with Gasteiger partial charge in [0.1, 0.15) is 0 Å². The summed E-state index contributed by atoms with van der Waals surface area (Å²) < 4.78 is 0. The molecule has 0 saturated carbocycles. The molecule has 0 aromatic rings. The van der Waals surface area contributed by atoms with Crippen LogP contribution >= 0.6 is 0 Å². The Morgan fingerprint density at radius 2 is 1.39 bits per heavy atom. The van der Waals surface area contributed by atoms with Gasteiger partial charge in [-0.05, 0) is 39.2 Å². The Hall–Kier alpha value is -0.0800. The Morgan fingerprint density at radius 1 is 0.870 bits per heavy atom. The third-order valence-electron chi connectivity index (χ3n) is 5.50. The standard InChI is InChI=1S/C21H43NO/c1-4-6-8-10-12-15-20(16-13-11-9-7-5-2)22-18-14-17-21(3,23)19-22/h20,23H,4-19H2,1-3H3/t21-/m0/s1. The van der Waals surface area contributed by atoms with Gasteiger partial charge in [0.05, 0.1) is 5.60 Å². The summed E-state index contributed by atoms with van der Waals surface area (Å²) in [5, 5.41) is 10.4. The summed E-state index contributed by atoms with van der Waals surface area (Å²) in [5.74, 6) is 0. The maximum Gasteiger partial charge on any atom is 0.0746 e. The predicted molar refractivity (Wildman–Crippen MR) is 102 cm³/mol. The Kier molecular flexibility index (Phi) is 11.2. The first-order valence-electron chi connectivity index (χ1n) is 10.6. The summed E-state index contributed by atoms with van der Waals surface area (Å²) in [6, 6.07) is 0.713. The van der Waals surface area contributed by atoms with Gasteiger partial charge in [-0.3, -0.25) is 4.90 Å². The van der Waals surface area contributed by atoms with E-state index in [1.165, 1.54) is 83.6 Å². The van der Waals surface area contributed by atoms with Crippen LogP contribution in [0, 0.1) is 0 Å². The zero-order valence-electron chi connectivity index (χ0n) is 16.3. The highest BCUT2D eigenvalue weighted by Crippen LogP contribution is 2.26. The molecule has 1 heterocycles. The van der Waals surface area contributed by atoms with Crippen LogP contribution in [-0.4, -0.2) is 34.7 Å². The minimum Gasteiger partial charge on any atom is -0.389 e. The van der Waals surface area contributed by atoms with Crippen molar-refractivity contribution in [3.63, 3.8) is 0 Å². The molecule has 1 fully saturated rings. The molecule has 2 heteroatoms. The van der Waals surface area contributed by atoms with Crippen molar-refractivity contribution in [2.75, 3.05) is 13.1 Å². The fraction of sp³-hybridized carbons (Fsp3) is 1.00. The first-order valence-corrected chi connectivity index (χ1v) is 10.6. The summed E-state index contributed by atoms with van der Waals surface area (Å²) in [5.41, 5.74) is -0.457. The average Bonchev–Trinajstić information content (AvgIpc) is 2.51. The van der Waals surface area contributed by atoms with E-state index in [2.05, 4.69) is 18.7 Å². The highest BCUT2D eigenvalue weighted by atomic mass is 16.3. The van der Waals surface area contributed by atoms with E-state index in [-0.39, 0.29) is 0 Å². The molecule has 0 amide bonds. The van der Waals surface area contributed by atoms with Gasteiger partial charge in [0.2, 0.25) is 0 Å². The number of nitrogens with zero attached hydrogens (tertiary/aromatic N) is 1. The lowest BCUT2D eigenvalue weighted by atomic mass is 9.91. The minimum atomic E-state index is -0.457. The normalized spacial score (nSPS) is 22.8. The molecule has 0 aromatic heterocycles. The van der Waals surface area contributed by atoms with Gasteiger partial charge in [-0.15, -0.1) is 0 Å². The van der Waals surface area contributed by atoms with Gasteiger partial charge in [-0.25, -0.2) is 0 Å². The Balaban J connectivity index is 2.37. The molecule has 1 rings (SSSR count). The molecule has 2 nitrogen and oxygen atoms in total. The number of hydrogen-bond acceptors (Lipinski definition) is 2. The number of unbranched alkanes of at least 4 members (excludes halogenated alkanes) is 8. The van der Waals surface area contributed by atoms with Gasteiger partial charge in [0.15, 0.2) is 0 Å². The van der Waals surface area contributed by atoms with Crippen molar-refractivity contribution in [3.05, 3.63) is 0 Å². The van der Waals surface area contributed by atoms with Crippen LogP contribution in [0.2, 0.25) is 0 Å². The van der Waals surface area contributed by atoms with Crippen molar-refractivity contribution in [3.8, 4) is 0 Å². The second-order valence-electron chi connectivity index (χ2n) is 8.13. The van der Waals surface area contributed by atoms with E-state index in [0.29, 0.717) is 6.04 Å². The number of hydrogen-bond donors (Lipinski definition) is 1. The molecule has 1 N–H and O–H groups in total. The maximum atomic E-state index is 10.4. The molecule has 1 saturated heterocycles. The largest absolute Gasteiger partial charge is 0.389 e. The van der Waals surface area contributed by atoms with Crippen molar-refractivity contribution in [1.29, 1.82) is 0 Å². The molecule has 0 spiro atoms. The summed E-state index contributed by atoms with van der Waals surface area (Å²) in [7, 11) is 0. The first kappa shape index (κ1) is 21.0. The fourth-order valence-electron chi connectivity index (χ4n) is 4.05. The minimum absolute atomic E-state index is 0.457. The monoisotopic (exact) mass is 325 g/mol. The highest BCUT2D eigenvalue weighted by molar-refractivity contribution is 4.86. The van der Waals surface area contributed by atoms with Crippen LogP contribution in [0.4, 0.5) is 0 Å². The molecule has 23 heavy (non-hydrogen) atoms. The topological polar surface area (TPSA) is 23.5 Å². The van der Waals surface area contributed by atoms with E-state index in [1.54, 1.807) is 0 Å². The van der Waals surface area contributed by atoms with Gasteiger partial charge in [0.25, 0.3) is 0 Å².